The van der Waals surface area contributed by atoms with Gasteiger partial charge in [-0.25, -0.2) is 4.79 Å². The predicted molar refractivity (Wildman–Crippen MR) is 158 cm³/mol. The number of aromatic nitrogens is 2. The molecule has 0 aliphatic carbocycles. The number of fused-ring (bicyclic) bond motifs is 1. The number of ether oxygens (including phenoxy) is 1. The topological polar surface area (TPSA) is 111 Å². The molecular formula is C32H34N4O5. The fourth-order valence-electron chi connectivity index (χ4n) is 5.21. The molecule has 0 saturated carbocycles. The van der Waals surface area contributed by atoms with Crippen LogP contribution in [0.25, 0.3) is 10.9 Å². The highest BCUT2D eigenvalue weighted by atomic mass is 16.5. The third-order valence-corrected chi connectivity index (χ3v) is 7.41. The third-order valence-electron chi connectivity index (χ3n) is 7.41. The van der Waals surface area contributed by atoms with Gasteiger partial charge in [0.25, 0.3) is 11.5 Å². The molecule has 0 bridgehead atoms. The molecule has 4 aromatic rings. The molecule has 1 aliphatic heterocycles. The van der Waals surface area contributed by atoms with E-state index in [4.69, 9.17) is 4.74 Å². The molecule has 0 spiro atoms. The Labute approximate surface area is 237 Å². The SMILES string of the molecule is CCc1ccccc1NC(=O)Cn1c(=O)n(CC2CCCO2)c(=O)c2ccc(C(=O)NCCc3ccccc3)cc21. The first-order chi connectivity index (χ1) is 19.9. The lowest BCUT2D eigenvalue weighted by molar-refractivity contribution is -0.116. The number of para-hydroxylation sites is 1. The maximum Gasteiger partial charge on any atom is 0.332 e. The first-order valence-electron chi connectivity index (χ1n) is 14.0. The van der Waals surface area contributed by atoms with Crippen LogP contribution in [0.2, 0.25) is 0 Å². The van der Waals surface area contributed by atoms with Gasteiger partial charge < -0.3 is 15.4 Å². The molecule has 41 heavy (non-hydrogen) atoms. The monoisotopic (exact) mass is 554 g/mol. The number of aryl methyl sites for hydroxylation is 1. The lowest BCUT2D eigenvalue weighted by Crippen LogP contribution is -2.43. The quantitative estimate of drug-likeness (QED) is 0.312. The maximum atomic E-state index is 13.7. The summed E-state index contributed by atoms with van der Waals surface area (Å²) in [6.45, 7) is 2.80. The summed E-state index contributed by atoms with van der Waals surface area (Å²) >= 11 is 0. The lowest BCUT2D eigenvalue weighted by atomic mass is 10.1. The fraction of sp³-hybridized carbons (Fsp3) is 0.312. The molecule has 1 aromatic heterocycles. The van der Waals surface area contributed by atoms with Crippen molar-refractivity contribution in [3.8, 4) is 0 Å². The minimum Gasteiger partial charge on any atom is -0.376 e. The van der Waals surface area contributed by atoms with E-state index in [0.717, 1.165) is 35.0 Å². The number of anilines is 1. The van der Waals surface area contributed by atoms with Crippen LogP contribution < -0.4 is 21.9 Å². The molecule has 1 fully saturated rings. The van der Waals surface area contributed by atoms with Crippen molar-refractivity contribution in [2.24, 2.45) is 0 Å². The summed E-state index contributed by atoms with van der Waals surface area (Å²) in [5, 5.41) is 6.06. The molecule has 1 saturated heterocycles. The summed E-state index contributed by atoms with van der Waals surface area (Å²) < 4.78 is 8.10. The second-order valence-electron chi connectivity index (χ2n) is 10.2. The van der Waals surface area contributed by atoms with Crippen molar-refractivity contribution in [3.63, 3.8) is 0 Å². The van der Waals surface area contributed by atoms with Gasteiger partial charge in [-0.05, 0) is 61.1 Å². The molecule has 1 unspecified atom stereocenters. The summed E-state index contributed by atoms with van der Waals surface area (Å²) in [6.07, 6.45) is 2.77. The minimum absolute atomic E-state index is 0.107. The van der Waals surface area contributed by atoms with Gasteiger partial charge in [0.05, 0.1) is 23.6 Å². The molecule has 9 heteroatoms. The van der Waals surface area contributed by atoms with Crippen LogP contribution in [0.1, 0.15) is 41.3 Å². The molecule has 2 N–H and O–H groups in total. The zero-order chi connectivity index (χ0) is 28.8. The average molecular weight is 555 g/mol. The smallest absolute Gasteiger partial charge is 0.332 e. The van der Waals surface area contributed by atoms with Gasteiger partial charge in [-0.3, -0.25) is 23.5 Å². The van der Waals surface area contributed by atoms with Gasteiger partial charge in [-0.1, -0.05) is 55.5 Å². The molecule has 2 heterocycles. The van der Waals surface area contributed by atoms with Crippen molar-refractivity contribution < 1.29 is 14.3 Å². The van der Waals surface area contributed by atoms with E-state index >= 15 is 0 Å². The standard InChI is InChI=1S/C32H34N4O5/c1-2-23-11-6-7-13-27(23)34-29(37)21-35-28-19-24(30(38)33-17-16-22-9-4-3-5-10-22)14-15-26(28)31(39)36(32(35)40)20-25-12-8-18-41-25/h3-7,9-11,13-15,19,25H,2,8,12,16-18,20-21H2,1H3,(H,33,38)(H,34,37). The fourth-order valence-corrected chi connectivity index (χ4v) is 5.21. The third kappa shape index (κ3) is 6.47. The van der Waals surface area contributed by atoms with Gasteiger partial charge in [0.15, 0.2) is 0 Å². The Balaban J connectivity index is 1.47. The molecule has 3 aromatic carbocycles. The van der Waals surface area contributed by atoms with E-state index in [9.17, 15) is 19.2 Å². The summed E-state index contributed by atoms with van der Waals surface area (Å²) in [4.78, 5) is 53.4. The van der Waals surface area contributed by atoms with Crippen LogP contribution in [0.3, 0.4) is 0 Å². The number of carbonyl (C=O) groups excluding carboxylic acids is 2. The first kappa shape index (κ1) is 28.0. The van der Waals surface area contributed by atoms with Crippen LogP contribution in [0.15, 0.2) is 82.4 Å². The zero-order valence-corrected chi connectivity index (χ0v) is 23.1. The number of carbonyl (C=O) groups is 2. The molecule has 0 radical (unpaired) electrons. The molecule has 1 atom stereocenters. The predicted octanol–water partition coefficient (Wildman–Crippen LogP) is 3.52. The largest absolute Gasteiger partial charge is 0.376 e. The Morgan fingerprint density at radius 1 is 0.976 bits per heavy atom. The second kappa shape index (κ2) is 12.8. The van der Waals surface area contributed by atoms with Crippen molar-refractivity contribution in [1.82, 2.24) is 14.5 Å². The van der Waals surface area contributed by atoms with Gasteiger partial charge in [-0.2, -0.15) is 0 Å². The van der Waals surface area contributed by atoms with Crippen LogP contribution in [-0.4, -0.2) is 40.2 Å². The number of hydrogen-bond donors (Lipinski definition) is 2. The summed E-state index contributed by atoms with van der Waals surface area (Å²) in [5.74, 6) is -0.735. The van der Waals surface area contributed by atoms with E-state index in [1.54, 1.807) is 12.1 Å². The minimum atomic E-state index is -0.612. The Bertz CT molecular complexity index is 1670. The average Bonchev–Trinajstić information content (AvgIpc) is 3.51. The van der Waals surface area contributed by atoms with Crippen LogP contribution in [0.4, 0.5) is 5.69 Å². The Morgan fingerprint density at radius 2 is 1.76 bits per heavy atom. The van der Waals surface area contributed by atoms with E-state index in [1.165, 1.54) is 10.6 Å². The number of benzene rings is 3. The van der Waals surface area contributed by atoms with Crippen LogP contribution in [-0.2, 0) is 35.5 Å². The molecule has 212 valence electrons. The van der Waals surface area contributed by atoms with Crippen molar-refractivity contribution in [1.29, 1.82) is 0 Å². The molecule has 9 nitrogen and oxygen atoms in total. The number of amides is 2. The van der Waals surface area contributed by atoms with Gasteiger partial charge >= 0.3 is 5.69 Å². The highest BCUT2D eigenvalue weighted by molar-refractivity contribution is 5.98. The van der Waals surface area contributed by atoms with Crippen molar-refractivity contribution in [2.45, 2.75) is 51.8 Å². The number of rotatable bonds is 10. The Kier molecular flexibility index (Phi) is 8.74. The van der Waals surface area contributed by atoms with Crippen molar-refractivity contribution in [3.05, 3.63) is 110 Å². The summed E-state index contributed by atoms with van der Waals surface area (Å²) in [6, 6.07) is 21.9. The van der Waals surface area contributed by atoms with E-state index in [-0.39, 0.29) is 36.0 Å². The first-order valence-corrected chi connectivity index (χ1v) is 14.0. The van der Waals surface area contributed by atoms with Crippen molar-refractivity contribution in [2.75, 3.05) is 18.5 Å². The van der Waals surface area contributed by atoms with Crippen LogP contribution in [0.5, 0.6) is 0 Å². The van der Waals surface area contributed by atoms with Gasteiger partial charge in [0.2, 0.25) is 5.91 Å². The summed E-state index contributed by atoms with van der Waals surface area (Å²) in [5.41, 5.74) is 2.19. The summed E-state index contributed by atoms with van der Waals surface area (Å²) in [7, 11) is 0. The molecule has 5 rings (SSSR count). The molecule has 2 amide bonds. The zero-order valence-electron chi connectivity index (χ0n) is 23.1. The van der Waals surface area contributed by atoms with E-state index in [0.29, 0.717) is 30.8 Å². The number of hydrogen-bond acceptors (Lipinski definition) is 5. The normalized spacial score (nSPS) is 14.7. The Hall–Kier alpha value is -4.50. The van der Waals surface area contributed by atoms with Gasteiger partial charge in [0, 0.05) is 24.4 Å². The second-order valence-corrected chi connectivity index (χ2v) is 10.2. The van der Waals surface area contributed by atoms with Gasteiger partial charge in [-0.15, -0.1) is 0 Å². The van der Waals surface area contributed by atoms with Gasteiger partial charge in [0.1, 0.15) is 6.54 Å². The van der Waals surface area contributed by atoms with E-state index in [2.05, 4.69) is 10.6 Å². The van der Waals surface area contributed by atoms with Crippen LogP contribution in [0, 0.1) is 0 Å². The number of nitrogens with zero attached hydrogens (tertiary/aromatic N) is 2. The number of nitrogens with one attached hydrogen (secondary N) is 2. The lowest BCUT2D eigenvalue weighted by Gasteiger charge is -2.17. The van der Waals surface area contributed by atoms with Crippen molar-refractivity contribution >= 4 is 28.4 Å². The highest BCUT2D eigenvalue weighted by Crippen LogP contribution is 2.17. The van der Waals surface area contributed by atoms with Crippen LogP contribution >= 0.6 is 0 Å². The maximum absolute atomic E-state index is 13.7. The van der Waals surface area contributed by atoms with E-state index < -0.39 is 17.2 Å². The Morgan fingerprint density at radius 3 is 2.51 bits per heavy atom. The molecular weight excluding hydrogens is 520 g/mol. The molecule has 1 aliphatic rings. The highest BCUT2D eigenvalue weighted by Gasteiger charge is 2.22. The van der Waals surface area contributed by atoms with E-state index in [1.807, 2.05) is 61.5 Å².